The van der Waals surface area contributed by atoms with E-state index in [9.17, 15) is 0 Å². The molecule has 0 fully saturated rings. The normalized spacial score (nSPS) is 11.1. The molecule has 0 aliphatic rings. The first-order valence-corrected chi connectivity index (χ1v) is 6.78. The van der Waals surface area contributed by atoms with Gasteiger partial charge in [-0.3, -0.25) is 0 Å². The molecule has 0 aliphatic heterocycles. The number of aliphatic hydroxyl groups excluding tert-OH is 1. The summed E-state index contributed by atoms with van der Waals surface area (Å²) in [6, 6.07) is 11.9. The summed E-state index contributed by atoms with van der Waals surface area (Å²) in [4.78, 5) is 4.39. The van der Waals surface area contributed by atoms with Crippen molar-refractivity contribution in [3.63, 3.8) is 0 Å². The summed E-state index contributed by atoms with van der Waals surface area (Å²) in [5.74, 6) is 0. The van der Waals surface area contributed by atoms with Crippen molar-refractivity contribution in [3.8, 4) is 11.3 Å². The highest BCUT2D eigenvalue weighted by atomic mass is 79.9. The Morgan fingerprint density at radius 1 is 1.21 bits per heavy atom. The third kappa shape index (κ3) is 2.52. The first kappa shape index (κ1) is 12.3. The van der Waals surface area contributed by atoms with Crippen LogP contribution >= 0.6 is 15.9 Å². The lowest BCUT2D eigenvalue weighted by Crippen LogP contribution is -1.93. The quantitative estimate of drug-likeness (QED) is 0.808. The number of aliphatic hydroxyl groups is 1. The molecule has 2 aromatic heterocycles. The van der Waals surface area contributed by atoms with E-state index in [0.29, 0.717) is 6.42 Å². The zero-order valence-corrected chi connectivity index (χ0v) is 11.7. The number of rotatable bonds is 3. The van der Waals surface area contributed by atoms with Crippen LogP contribution in [-0.2, 0) is 6.42 Å². The van der Waals surface area contributed by atoms with Crippen LogP contribution in [0.4, 0.5) is 0 Å². The summed E-state index contributed by atoms with van der Waals surface area (Å²) in [6.07, 6.45) is 2.41. The lowest BCUT2D eigenvalue weighted by atomic mass is 10.1. The molecule has 0 unspecified atom stereocenters. The summed E-state index contributed by atoms with van der Waals surface area (Å²) < 4.78 is 2.78. The molecule has 2 heterocycles. The number of hydrogen-bond acceptors (Lipinski definition) is 3. The minimum absolute atomic E-state index is 0.0996. The maximum absolute atomic E-state index is 8.93. The Kier molecular flexibility index (Phi) is 3.31. The van der Waals surface area contributed by atoms with Crippen LogP contribution in [0.15, 0.2) is 47.1 Å². The van der Waals surface area contributed by atoms with E-state index in [1.807, 2.05) is 42.6 Å². The predicted octanol–water partition coefficient (Wildman–Crippen LogP) is 2.69. The molecule has 0 atom stereocenters. The number of imidazole rings is 1. The summed E-state index contributed by atoms with van der Waals surface area (Å²) in [6.45, 7) is 0.0996. The molecule has 0 aliphatic carbocycles. The van der Waals surface area contributed by atoms with E-state index in [0.717, 1.165) is 27.1 Å². The monoisotopic (exact) mass is 317 g/mol. The molecular weight excluding hydrogens is 306 g/mol. The fraction of sp³-hybridized carbons (Fsp3) is 0.143. The Morgan fingerprint density at radius 3 is 2.89 bits per heavy atom. The molecule has 1 aromatic carbocycles. The second-order valence-electron chi connectivity index (χ2n) is 4.24. The van der Waals surface area contributed by atoms with Crippen molar-refractivity contribution in [2.24, 2.45) is 0 Å². The summed E-state index contributed by atoms with van der Waals surface area (Å²) in [5.41, 5.74) is 3.58. The summed E-state index contributed by atoms with van der Waals surface area (Å²) >= 11 is 3.46. The van der Waals surface area contributed by atoms with Crippen molar-refractivity contribution >= 4 is 21.6 Å². The van der Waals surface area contributed by atoms with Crippen LogP contribution in [0.1, 0.15) is 5.69 Å². The van der Waals surface area contributed by atoms with Crippen molar-refractivity contribution in [2.45, 2.75) is 6.42 Å². The van der Waals surface area contributed by atoms with Crippen molar-refractivity contribution in [2.75, 3.05) is 6.61 Å². The maximum atomic E-state index is 8.93. The van der Waals surface area contributed by atoms with Crippen molar-refractivity contribution < 1.29 is 5.11 Å². The van der Waals surface area contributed by atoms with Crippen molar-refractivity contribution in [3.05, 3.63) is 52.8 Å². The Balaban J connectivity index is 2.05. The molecule has 3 rings (SSSR count). The largest absolute Gasteiger partial charge is 0.396 e. The van der Waals surface area contributed by atoms with Crippen molar-refractivity contribution in [1.82, 2.24) is 14.6 Å². The molecule has 0 saturated heterocycles. The highest BCUT2D eigenvalue weighted by Gasteiger charge is 2.05. The van der Waals surface area contributed by atoms with Gasteiger partial charge in [0.2, 0.25) is 0 Å². The molecule has 5 heteroatoms. The third-order valence-corrected chi connectivity index (χ3v) is 3.35. The van der Waals surface area contributed by atoms with E-state index < -0.39 is 0 Å². The van der Waals surface area contributed by atoms with Gasteiger partial charge in [0.25, 0.3) is 0 Å². The number of halogens is 1. The molecule has 3 aromatic rings. The number of aromatic nitrogens is 3. The number of fused-ring (bicyclic) bond motifs is 1. The number of hydrogen-bond donors (Lipinski definition) is 1. The average molecular weight is 318 g/mol. The van der Waals surface area contributed by atoms with Crippen LogP contribution in [0.5, 0.6) is 0 Å². The van der Waals surface area contributed by atoms with E-state index in [4.69, 9.17) is 5.11 Å². The Morgan fingerprint density at radius 2 is 2.11 bits per heavy atom. The topological polar surface area (TPSA) is 50.4 Å². The number of nitrogens with zero attached hydrogens (tertiary/aromatic N) is 3. The molecule has 0 radical (unpaired) electrons. The van der Waals surface area contributed by atoms with E-state index in [1.54, 1.807) is 4.52 Å². The zero-order chi connectivity index (χ0) is 13.2. The Labute approximate surface area is 118 Å². The first-order valence-electron chi connectivity index (χ1n) is 5.98. The third-order valence-electron chi connectivity index (χ3n) is 2.86. The van der Waals surface area contributed by atoms with Gasteiger partial charge in [0.1, 0.15) is 0 Å². The Bertz CT molecular complexity index is 724. The van der Waals surface area contributed by atoms with Gasteiger partial charge in [0.05, 0.1) is 17.6 Å². The minimum Gasteiger partial charge on any atom is -0.396 e. The van der Waals surface area contributed by atoms with E-state index in [-0.39, 0.29) is 6.61 Å². The minimum atomic E-state index is 0.0996. The molecule has 0 spiro atoms. The lowest BCUT2D eigenvalue weighted by Gasteiger charge is -2.01. The second-order valence-corrected chi connectivity index (χ2v) is 5.15. The van der Waals surface area contributed by atoms with Gasteiger partial charge in [-0.25, -0.2) is 9.50 Å². The molecule has 0 bridgehead atoms. The molecule has 4 nitrogen and oxygen atoms in total. The van der Waals surface area contributed by atoms with Gasteiger partial charge in [0.15, 0.2) is 5.65 Å². The van der Waals surface area contributed by atoms with Gasteiger partial charge in [-0.15, -0.1) is 0 Å². The zero-order valence-electron chi connectivity index (χ0n) is 10.1. The number of benzene rings is 1. The fourth-order valence-electron chi connectivity index (χ4n) is 1.97. The molecule has 19 heavy (non-hydrogen) atoms. The smallest absolute Gasteiger partial charge is 0.153 e. The van der Waals surface area contributed by atoms with Crippen molar-refractivity contribution in [1.29, 1.82) is 0 Å². The van der Waals surface area contributed by atoms with Gasteiger partial charge < -0.3 is 5.11 Å². The Hall–Kier alpha value is -1.72. The van der Waals surface area contributed by atoms with E-state index in [1.165, 1.54) is 0 Å². The van der Waals surface area contributed by atoms with Gasteiger partial charge >= 0.3 is 0 Å². The van der Waals surface area contributed by atoms with Gasteiger partial charge in [-0.1, -0.05) is 28.1 Å². The SMILES string of the molecule is OCCc1cn2nc(-c3cccc(Br)c3)ccc2n1. The molecular formula is C14H12BrN3O. The standard InChI is InChI=1S/C14H12BrN3O/c15-11-3-1-2-10(8-11)13-4-5-14-16-12(6-7-19)9-18(14)17-13/h1-5,8-9,19H,6-7H2. The molecule has 1 N–H and O–H groups in total. The highest BCUT2D eigenvalue weighted by molar-refractivity contribution is 9.10. The lowest BCUT2D eigenvalue weighted by molar-refractivity contribution is 0.298. The van der Waals surface area contributed by atoms with Gasteiger partial charge in [-0.05, 0) is 24.3 Å². The molecule has 0 amide bonds. The summed E-state index contributed by atoms with van der Waals surface area (Å²) in [5, 5.41) is 13.5. The van der Waals surface area contributed by atoms with E-state index in [2.05, 4.69) is 26.0 Å². The molecule has 0 saturated carbocycles. The second kappa shape index (κ2) is 5.11. The average Bonchev–Trinajstić information content (AvgIpc) is 2.80. The van der Waals surface area contributed by atoms with Crippen LogP contribution in [0.3, 0.4) is 0 Å². The first-order chi connectivity index (χ1) is 9.26. The van der Waals surface area contributed by atoms with E-state index >= 15 is 0 Å². The van der Waals surface area contributed by atoms with Crippen LogP contribution in [0, 0.1) is 0 Å². The fourth-order valence-corrected chi connectivity index (χ4v) is 2.37. The van der Waals surface area contributed by atoms with Crippen LogP contribution < -0.4 is 0 Å². The van der Waals surface area contributed by atoms with Gasteiger partial charge in [0, 0.05) is 23.1 Å². The summed E-state index contributed by atoms with van der Waals surface area (Å²) in [7, 11) is 0. The van der Waals surface area contributed by atoms with Crippen LogP contribution in [0.25, 0.3) is 16.9 Å². The van der Waals surface area contributed by atoms with Gasteiger partial charge in [-0.2, -0.15) is 5.10 Å². The predicted molar refractivity (Wildman–Crippen MR) is 76.9 cm³/mol. The highest BCUT2D eigenvalue weighted by Crippen LogP contribution is 2.21. The maximum Gasteiger partial charge on any atom is 0.153 e. The van der Waals surface area contributed by atoms with Crippen LogP contribution in [0.2, 0.25) is 0 Å². The molecule has 96 valence electrons. The van der Waals surface area contributed by atoms with Crippen LogP contribution in [-0.4, -0.2) is 26.3 Å².